The number of pyridine rings is 1. The highest BCUT2D eigenvalue weighted by atomic mass is 32.1. The molecule has 0 saturated carbocycles. The van der Waals surface area contributed by atoms with Crippen LogP contribution in [-0.2, 0) is 6.54 Å². The average molecular weight is 339 g/mol. The van der Waals surface area contributed by atoms with Gasteiger partial charge >= 0.3 is 0 Å². The molecule has 0 aliphatic rings. The monoisotopic (exact) mass is 339 g/mol. The van der Waals surface area contributed by atoms with Crippen LogP contribution in [-0.4, -0.2) is 24.9 Å². The number of thiazole rings is 1. The number of fused-ring (bicyclic) bond motifs is 2. The molecule has 122 valence electrons. The number of hydrogen-bond donors (Lipinski definition) is 1. The molecule has 0 bridgehead atoms. The van der Waals surface area contributed by atoms with E-state index >= 15 is 0 Å². The van der Waals surface area contributed by atoms with Gasteiger partial charge in [-0.3, -0.25) is 9.20 Å². The summed E-state index contributed by atoms with van der Waals surface area (Å²) < 4.78 is 3.79. The fourth-order valence-corrected chi connectivity index (χ4v) is 3.69. The maximum Gasteiger partial charge on any atom is 0.255 e. The second-order valence-electron chi connectivity index (χ2n) is 5.91. The third-order valence-corrected chi connectivity index (χ3v) is 5.25. The van der Waals surface area contributed by atoms with Gasteiger partial charge in [-0.15, -0.1) is 11.3 Å². The highest BCUT2D eigenvalue weighted by Gasteiger charge is 2.14. The van der Waals surface area contributed by atoms with Crippen molar-refractivity contribution in [3.05, 3.63) is 58.1 Å². The summed E-state index contributed by atoms with van der Waals surface area (Å²) in [6.45, 7) is 6.55. The minimum absolute atomic E-state index is 0.141. The first-order valence-electron chi connectivity index (χ1n) is 7.69. The van der Waals surface area contributed by atoms with Gasteiger partial charge in [0.2, 0.25) is 0 Å². The van der Waals surface area contributed by atoms with E-state index in [1.54, 1.807) is 22.0 Å². The van der Waals surface area contributed by atoms with E-state index in [1.165, 1.54) is 10.6 Å². The molecule has 6 nitrogen and oxygen atoms in total. The van der Waals surface area contributed by atoms with Gasteiger partial charge in [0.25, 0.3) is 5.91 Å². The molecule has 4 heterocycles. The van der Waals surface area contributed by atoms with Crippen molar-refractivity contribution in [2.75, 3.05) is 0 Å². The Hall–Kier alpha value is -2.67. The number of aryl methyl sites for hydroxylation is 3. The van der Waals surface area contributed by atoms with E-state index in [0.29, 0.717) is 12.1 Å². The first kappa shape index (κ1) is 14.9. The summed E-state index contributed by atoms with van der Waals surface area (Å²) in [5.41, 5.74) is 4.52. The van der Waals surface area contributed by atoms with E-state index < -0.39 is 0 Å². The Bertz CT molecular complexity index is 1070. The van der Waals surface area contributed by atoms with E-state index in [9.17, 15) is 4.79 Å². The molecule has 0 fully saturated rings. The van der Waals surface area contributed by atoms with E-state index in [-0.39, 0.29) is 5.91 Å². The highest BCUT2D eigenvalue weighted by molar-refractivity contribution is 7.17. The SMILES string of the molecule is Cc1ccc2c(C(=O)NCc3cn4c(C)c(C)sc4n3)cnn2c1. The topological polar surface area (TPSA) is 63.7 Å². The molecule has 0 atom stereocenters. The van der Waals surface area contributed by atoms with Crippen LogP contribution in [0.3, 0.4) is 0 Å². The van der Waals surface area contributed by atoms with Crippen LogP contribution in [0.25, 0.3) is 10.5 Å². The quantitative estimate of drug-likeness (QED) is 0.624. The van der Waals surface area contributed by atoms with Crippen molar-refractivity contribution >= 4 is 27.7 Å². The zero-order valence-electron chi connectivity index (χ0n) is 13.7. The van der Waals surface area contributed by atoms with Crippen molar-refractivity contribution in [1.82, 2.24) is 24.3 Å². The number of hydrogen-bond acceptors (Lipinski definition) is 4. The van der Waals surface area contributed by atoms with Gasteiger partial charge in [0.05, 0.1) is 29.5 Å². The standard InChI is InChI=1S/C17H17N5OS/c1-10-4-5-15-14(7-19-22(15)8-10)16(23)18-6-13-9-21-11(2)12(3)24-17(21)20-13/h4-5,7-9H,6H2,1-3H3,(H,18,23). The first-order chi connectivity index (χ1) is 11.5. The summed E-state index contributed by atoms with van der Waals surface area (Å²) in [6, 6.07) is 3.89. The van der Waals surface area contributed by atoms with Crippen molar-refractivity contribution < 1.29 is 4.79 Å². The second-order valence-corrected chi connectivity index (χ2v) is 7.09. The Morgan fingerprint density at radius 1 is 1.25 bits per heavy atom. The molecule has 1 amide bonds. The van der Waals surface area contributed by atoms with Gasteiger partial charge < -0.3 is 5.32 Å². The summed E-state index contributed by atoms with van der Waals surface area (Å²) in [5, 5.41) is 7.17. The molecule has 7 heteroatoms. The lowest BCUT2D eigenvalue weighted by Gasteiger charge is -2.02. The molecule has 0 spiro atoms. The summed E-state index contributed by atoms with van der Waals surface area (Å²) in [5.74, 6) is -0.141. The van der Waals surface area contributed by atoms with Crippen molar-refractivity contribution in [1.29, 1.82) is 0 Å². The van der Waals surface area contributed by atoms with Gasteiger partial charge in [-0.2, -0.15) is 5.10 Å². The molecule has 0 aromatic carbocycles. The van der Waals surface area contributed by atoms with Gasteiger partial charge in [-0.1, -0.05) is 6.07 Å². The smallest absolute Gasteiger partial charge is 0.255 e. The molecule has 0 aliphatic carbocycles. The van der Waals surface area contributed by atoms with Gasteiger partial charge in [-0.05, 0) is 32.4 Å². The summed E-state index contributed by atoms with van der Waals surface area (Å²) >= 11 is 1.66. The number of amides is 1. The molecule has 24 heavy (non-hydrogen) atoms. The van der Waals surface area contributed by atoms with Crippen LogP contribution >= 0.6 is 11.3 Å². The molecular weight excluding hydrogens is 322 g/mol. The Labute approximate surface area is 142 Å². The van der Waals surface area contributed by atoms with Crippen molar-refractivity contribution in [2.24, 2.45) is 0 Å². The lowest BCUT2D eigenvalue weighted by Crippen LogP contribution is -2.22. The maximum absolute atomic E-state index is 12.5. The van der Waals surface area contributed by atoms with Crippen LogP contribution < -0.4 is 5.32 Å². The van der Waals surface area contributed by atoms with Gasteiger partial charge in [0.1, 0.15) is 0 Å². The average Bonchev–Trinajstić information content (AvgIpc) is 3.21. The van der Waals surface area contributed by atoms with Crippen LogP contribution in [0.1, 0.15) is 32.2 Å². The van der Waals surface area contributed by atoms with E-state index in [2.05, 4.69) is 33.6 Å². The Balaban J connectivity index is 1.54. The fourth-order valence-electron chi connectivity index (χ4n) is 2.72. The third kappa shape index (κ3) is 2.37. The predicted molar refractivity (Wildman–Crippen MR) is 93.6 cm³/mol. The lowest BCUT2D eigenvalue weighted by atomic mass is 10.2. The largest absolute Gasteiger partial charge is 0.346 e. The predicted octanol–water partition coefficient (Wildman–Crippen LogP) is 2.90. The number of aromatic nitrogens is 4. The van der Waals surface area contributed by atoms with Crippen molar-refractivity contribution in [3.8, 4) is 0 Å². The molecule has 4 rings (SSSR count). The van der Waals surface area contributed by atoms with Crippen LogP contribution in [0.15, 0.2) is 30.7 Å². The zero-order valence-corrected chi connectivity index (χ0v) is 14.5. The van der Waals surface area contributed by atoms with Crippen molar-refractivity contribution in [2.45, 2.75) is 27.3 Å². The van der Waals surface area contributed by atoms with Crippen molar-refractivity contribution in [3.63, 3.8) is 0 Å². The molecule has 0 radical (unpaired) electrons. The molecule has 0 saturated heterocycles. The molecule has 0 unspecified atom stereocenters. The number of carbonyl (C=O) groups is 1. The van der Waals surface area contributed by atoms with E-state index in [0.717, 1.165) is 21.7 Å². The zero-order chi connectivity index (χ0) is 16.8. The third-order valence-electron chi connectivity index (χ3n) is 4.18. The summed E-state index contributed by atoms with van der Waals surface area (Å²) in [6.07, 6.45) is 5.48. The van der Waals surface area contributed by atoms with Gasteiger partial charge in [-0.25, -0.2) is 9.50 Å². The lowest BCUT2D eigenvalue weighted by molar-refractivity contribution is 0.0952. The second kappa shape index (κ2) is 5.45. The fraction of sp³-hybridized carbons (Fsp3) is 0.235. The number of imidazole rings is 1. The van der Waals surface area contributed by atoms with Crippen LogP contribution in [0, 0.1) is 20.8 Å². The molecule has 4 aromatic rings. The van der Waals surface area contributed by atoms with Gasteiger partial charge in [0.15, 0.2) is 4.96 Å². The minimum Gasteiger partial charge on any atom is -0.346 e. The Morgan fingerprint density at radius 2 is 2.08 bits per heavy atom. The normalized spacial score (nSPS) is 11.5. The van der Waals surface area contributed by atoms with Crippen LogP contribution in [0.5, 0.6) is 0 Å². The minimum atomic E-state index is -0.141. The Kier molecular flexibility index (Phi) is 3.38. The molecule has 1 N–H and O–H groups in total. The highest BCUT2D eigenvalue weighted by Crippen LogP contribution is 2.21. The molecular formula is C17H17N5OS. The maximum atomic E-state index is 12.5. The number of nitrogens with one attached hydrogen (secondary N) is 1. The first-order valence-corrected chi connectivity index (χ1v) is 8.51. The number of nitrogens with zero attached hydrogens (tertiary/aromatic N) is 4. The summed E-state index contributed by atoms with van der Waals surface area (Å²) in [4.78, 5) is 19.2. The number of carbonyl (C=O) groups excluding carboxylic acids is 1. The van der Waals surface area contributed by atoms with E-state index in [4.69, 9.17) is 0 Å². The van der Waals surface area contributed by atoms with Crippen LogP contribution in [0.4, 0.5) is 0 Å². The van der Waals surface area contributed by atoms with Gasteiger partial charge in [0, 0.05) is 23.0 Å². The molecule has 4 aromatic heterocycles. The van der Waals surface area contributed by atoms with Crippen LogP contribution in [0.2, 0.25) is 0 Å². The summed E-state index contributed by atoms with van der Waals surface area (Å²) in [7, 11) is 0. The Morgan fingerprint density at radius 3 is 2.88 bits per heavy atom. The van der Waals surface area contributed by atoms with E-state index in [1.807, 2.05) is 31.5 Å². The number of rotatable bonds is 3. The molecule has 0 aliphatic heterocycles.